The molecule has 0 aliphatic rings. The first-order chi connectivity index (χ1) is 8.86. The quantitative estimate of drug-likeness (QED) is 0.485. The minimum absolute atomic E-state index is 0.124. The number of ether oxygens (including phenoxy) is 1. The van der Waals surface area contributed by atoms with Crippen LogP contribution < -0.4 is 5.73 Å². The van der Waals surface area contributed by atoms with Gasteiger partial charge in [-0.05, 0) is 25.8 Å². The van der Waals surface area contributed by atoms with Gasteiger partial charge in [-0.2, -0.15) is 0 Å². The lowest BCUT2D eigenvalue weighted by molar-refractivity contribution is -0.160. The lowest BCUT2D eigenvalue weighted by Crippen LogP contribution is -2.42. The Balaban J connectivity index is 2.73. The van der Waals surface area contributed by atoms with E-state index in [-0.39, 0.29) is 13.0 Å². The second-order valence-electron chi connectivity index (χ2n) is 4.89. The van der Waals surface area contributed by atoms with Gasteiger partial charge in [-0.25, -0.2) is 0 Å². The summed E-state index contributed by atoms with van der Waals surface area (Å²) in [6.07, 6.45) is 0.190. The van der Waals surface area contributed by atoms with Crippen molar-refractivity contribution in [2.24, 2.45) is 11.1 Å². The van der Waals surface area contributed by atoms with Gasteiger partial charge in [0.1, 0.15) is 12.0 Å². The number of nitrogens with two attached hydrogens (primary N) is 1. The predicted molar refractivity (Wildman–Crippen MR) is 73.0 cm³/mol. The van der Waals surface area contributed by atoms with Crippen molar-refractivity contribution < 1.29 is 14.3 Å². The molecule has 0 aliphatic carbocycles. The van der Waals surface area contributed by atoms with Crippen LogP contribution in [0.5, 0.6) is 0 Å². The minimum atomic E-state index is -1.36. The molecule has 1 atom stereocenters. The van der Waals surface area contributed by atoms with Crippen molar-refractivity contribution in [2.75, 3.05) is 0 Å². The van der Waals surface area contributed by atoms with Crippen molar-refractivity contribution >= 4 is 11.9 Å². The third-order valence-corrected chi connectivity index (χ3v) is 2.86. The Morgan fingerprint density at radius 3 is 2.37 bits per heavy atom. The fourth-order valence-electron chi connectivity index (χ4n) is 1.75. The van der Waals surface area contributed by atoms with Crippen molar-refractivity contribution in [3.05, 3.63) is 48.0 Å². The zero-order chi connectivity index (χ0) is 14.5. The van der Waals surface area contributed by atoms with E-state index in [4.69, 9.17) is 10.5 Å². The predicted octanol–water partition coefficient (Wildman–Crippen LogP) is 2.19. The van der Waals surface area contributed by atoms with E-state index < -0.39 is 17.3 Å². The molecule has 0 aliphatic heterocycles. The van der Waals surface area contributed by atoms with Crippen molar-refractivity contribution in [3.63, 3.8) is 0 Å². The molecule has 0 spiro atoms. The lowest BCUT2D eigenvalue weighted by atomic mass is 9.83. The molecule has 1 aromatic carbocycles. The summed E-state index contributed by atoms with van der Waals surface area (Å²) in [5.74, 6) is -1.32. The molecule has 19 heavy (non-hydrogen) atoms. The summed E-state index contributed by atoms with van der Waals surface area (Å²) >= 11 is 0. The molecule has 1 amide bonds. The van der Waals surface area contributed by atoms with Crippen LogP contribution in [0, 0.1) is 5.41 Å². The number of benzene rings is 1. The summed E-state index contributed by atoms with van der Waals surface area (Å²) in [5.41, 5.74) is 5.51. The number of carbonyl (C=O) groups is 2. The van der Waals surface area contributed by atoms with Crippen LogP contribution in [0.15, 0.2) is 42.5 Å². The van der Waals surface area contributed by atoms with Crippen molar-refractivity contribution in [1.29, 1.82) is 0 Å². The molecule has 0 bridgehead atoms. The van der Waals surface area contributed by atoms with Gasteiger partial charge in [-0.1, -0.05) is 35.9 Å². The number of allylic oxidation sites excluding steroid dienone is 1. The Hall–Kier alpha value is -2.10. The molecule has 0 saturated carbocycles. The summed E-state index contributed by atoms with van der Waals surface area (Å²) in [5, 5.41) is 0. The smallest absolute Gasteiger partial charge is 0.322 e. The molecular weight excluding hydrogens is 242 g/mol. The Morgan fingerprint density at radius 1 is 1.32 bits per heavy atom. The largest absolute Gasteiger partial charge is 0.460 e. The van der Waals surface area contributed by atoms with E-state index in [1.165, 1.54) is 6.92 Å². The van der Waals surface area contributed by atoms with Crippen molar-refractivity contribution in [2.45, 2.75) is 26.9 Å². The number of hydrogen-bond acceptors (Lipinski definition) is 3. The van der Waals surface area contributed by atoms with Gasteiger partial charge in [-0.3, -0.25) is 9.59 Å². The maximum atomic E-state index is 12.1. The fraction of sp³-hybridized carbons (Fsp3) is 0.333. The molecule has 0 heterocycles. The molecule has 4 nitrogen and oxygen atoms in total. The highest BCUT2D eigenvalue weighted by Gasteiger charge is 2.41. The molecular formula is C15H19NO3. The molecule has 1 unspecified atom stereocenters. The Kier molecular flexibility index (Phi) is 4.87. The SMILES string of the molecule is C=C(C)CC(C)(C(N)=O)C(=O)OCc1ccccc1. The summed E-state index contributed by atoms with van der Waals surface area (Å²) in [6.45, 7) is 7.06. The third kappa shape index (κ3) is 3.95. The fourth-order valence-corrected chi connectivity index (χ4v) is 1.75. The molecule has 0 fully saturated rings. The van der Waals surface area contributed by atoms with E-state index in [0.29, 0.717) is 5.57 Å². The maximum Gasteiger partial charge on any atom is 0.322 e. The van der Waals surface area contributed by atoms with E-state index in [2.05, 4.69) is 6.58 Å². The molecule has 0 aromatic heterocycles. The van der Waals surface area contributed by atoms with Crippen LogP contribution in [0.4, 0.5) is 0 Å². The number of rotatable bonds is 6. The van der Waals surface area contributed by atoms with Gasteiger partial charge in [0.05, 0.1) is 0 Å². The van der Waals surface area contributed by atoms with Crippen LogP contribution in [-0.4, -0.2) is 11.9 Å². The minimum Gasteiger partial charge on any atom is -0.460 e. The van der Waals surface area contributed by atoms with Gasteiger partial charge >= 0.3 is 5.97 Å². The van der Waals surface area contributed by atoms with E-state index in [9.17, 15) is 9.59 Å². The first kappa shape index (κ1) is 15.0. The highest BCUT2D eigenvalue weighted by Crippen LogP contribution is 2.27. The van der Waals surface area contributed by atoms with Crippen LogP contribution >= 0.6 is 0 Å². The van der Waals surface area contributed by atoms with E-state index in [0.717, 1.165) is 5.56 Å². The average molecular weight is 261 g/mol. The second-order valence-corrected chi connectivity index (χ2v) is 4.89. The molecule has 0 saturated heterocycles. The van der Waals surface area contributed by atoms with E-state index >= 15 is 0 Å². The van der Waals surface area contributed by atoms with Crippen LogP contribution in [0.25, 0.3) is 0 Å². The summed E-state index contributed by atoms with van der Waals surface area (Å²) < 4.78 is 5.17. The van der Waals surface area contributed by atoms with Crippen LogP contribution in [0.3, 0.4) is 0 Å². The first-order valence-corrected chi connectivity index (χ1v) is 6.01. The highest BCUT2D eigenvalue weighted by atomic mass is 16.5. The van der Waals surface area contributed by atoms with Crippen LogP contribution in [-0.2, 0) is 20.9 Å². The number of esters is 1. The monoisotopic (exact) mass is 261 g/mol. The molecule has 1 rings (SSSR count). The number of primary amides is 1. The summed E-state index contributed by atoms with van der Waals surface area (Å²) in [7, 11) is 0. The van der Waals surface area contributed by atoms with E-state index in [1.54, 1.807) is 6.92 Å². The Labute approximate surface area is 113 Å². The normalized spacial score (nSPS) is 13.4. The summed E-state index contributed by atoms with van der Waals surface area (Å²) in [4.78, 5) is 23.5. The number of hydrogen-bond donors (Lipinski definition) is 1. The van der Waals surface area contributed by atoms with Gasteiger partial charge < -0.3 is 10.5 Å². The zero-order valence-corrected chi connectivity index (χ0v) is 11.3. The van der Waals surface area contributed by atoms with Gasteiger partial charge in [-0.15, -0.1) is 6.58 Å². The summed E-state index contributed by atoms with van der Waals surface area (Å²) in [6, 6.07) is 9.26. The zero-order valence-electron chi connectivity index (χ0n) is 11.3. The topological polar surface area (TPSA) is 69.4 Å². The average Bonchev–Trinajstić information content (AvgIpc) is 2.36. The van der Waals surface area contributed by atoms with Crippen LogP contribution in [0.2, 0.25) is 0 Å². The van der Waals surface area contributed by atoms with Crippen molar-refractivity contribution in [1.82, 2.24) is 0 Å². The van der Waals surface area contributed by atoms with Gasteiger partial charge in [0.2, 0.25) is 5.91 Å². The maximum absolute atomic E-state index is 12.1. The van der Waals surface area contributed by atoms with Gasteiger partial charge in [0, 0.05) is 0 Å². The van der Waals surface area contributed by atoms with Gasteiger partial charge in [0.25, 0.3) is 0 Å². The number of carbonyl (C=O) groups excluding carboxylic acids is 2. The lowest BCUT2D eigenvalue weighted by Gasteiger charge is -2.23. The number of amides is 1. The Bertz CT molecular complexity index is 481. The molecule has 4 heteroatoms. The van der Waals surface area contributed by atoms with Crippen molar-refractivity contribution in [3.8, 4) is 0 Å². The molecule has 2 N–H and O–H groups in total. The third-order valence-electron chi connectivity index (χ3n) is 2.86. The molecule has 0 radical (unpaired) electrons. The Morgan fingerprint density at radius 2 is 1.89 bits per heavy atom. The van der Waals surface area contributed by atoms with Crippen LogP contribution in [0.1, 0.15) is 25.8 Å². The molecule has 102 valence electrons. The van der Waals surface area contributed by atoms with Gasteiger partial charge in [0.15, 0.2) is 0 Å². The molecule has 1 aromatic rings. The first-order valence-electron chi connectivity index (χ1n) is 6.01. The standard InChI is InChI=1S/C15H19NO3/c1-11(2)9-15(3,13(16)17)14(18)19-10-12-7-5-4-6-8-12/h4-8H,1,9-10H2,2-3H3,(H2,16,17). The second kappa shape index (κ2) is 6.18. The highest BCUT2D eigenvalue weighted by molar-refractivity contribution is 6.01. The van der Waals surface area contributed by atoms with E-state index in [1.807, 2.05) is 30.3 Å².